The Morgan fingerprint density at radius 1 is 1.19 bits per heavy atom. The quantitative estimate of drug-likeness (QED) is 0.542. The Morgan fingerprint density at radius 2 is 1.93 bits per heavy atom. The average molecular weight is 422 g/mol. The number of nitrogens with one attached hydrogen (secondary N) is 1. The van der Waals surface area contributed by atoms with Gasteiger partial charge in [-0.15, -0.1) is 22.7 Å². The largest absolute Gasteiger partial charge is 0.489 e. The van der Waals surface area contributed by atoms with Crippen molar-refractivity contribution in [2.45, 2.75) is 13.5 Å². The number of carbonyl (C=O) groups is 2. The first kappa shape index (κ1) is 19.4. The van der Waals surface area contributed by atoms with Gasteiger partial charge < -0.3 is 14.8 Å². The molecule has 1 amide bonds. The molecule has 0 radical (unpaired) electrons. The SMILES string of the molecule is COC(=O)c1cc(C)sc1NC(=O)c1cc(COc2ccc(Cl)cc2)cs1. The second kappa shape index (κ2) is 8.56. The first-order valence-electron chi connectivity index (χ1n) is 7.92. The molecule has 8 heteroatoms. The van der Waals surface area contributed by atoms with Crippen LogP contribution in [-0.4, -0.2) is 19.0 Å². The van der Waals surface area contributed by atoms with Crippen LogP contribution < -0.4 is 10.1 Å². The zero-order chi connectivity index (χ0) is 19.4. The first-order chi connectivity index (χ1) is 13.0. The lowest BCUT2D eigenvalue weighted by molar-refractivity contribution is 0.0602. The van der Waals surface area contributed by atoms with E-state index < -0.39 is 5.97 Å². The van der Waals surface area contributed by atoms with Crippen LogP contribution >= 0.6 is 34.3 Å². The molecule has 140 valence electrons. The van der Waals surface area contributed by atoms with E-state index in [2.05, 4.69) is 5.32 Å². The van der Waals surface area contributed by atoms with E-state index >= 15 is 0 Å². The molecule has 0 bridgehead atoms. The van der Waals surface area contributed by atoms with Crippen LogP contribution in [0.3, 0.4) is 0 Å². The number of hydrogen-bond acceptors (Lipinski definition) is 6. The molecule has 1 aromatic carbocycles. The Kier molecular flexibility index (Phi) is 6.15. The number of rotatable bonds is 6. The zero-order valence-electron chi connectivity index (χ0n) is 14.6. The summed E-state index contributed by atoms with van der Waals surface area (Å²) in [5.41, 5.74) is 1.24. The fourth-order valence-corrected chi connectivity index (χ4v) is 4.11. The maximum Gasteiger partial charge on any atom is 0.340 e. The molecule has 5 nitrogen and oxygen atoms in total. The highest BCUT2D eigenvalue weighted by molar-refractivity contribution is 7.17. The zero-order valence-corrected chi connectivity index (χ0v) is 17.0. The third kappa shape index (κ3) is 4.88. The van der Waals surface area contributed by atoms with E-state index in [0.29, 0.717) is 32.8 Å². The Morgan fingerprint density at radius 3 is 2.63 bits per heavy atom. The van der Waals surface area contributed by atoms with Gasteiger partial charge in [0.25, 0.3) is 5.91 Å². The summed E-state index contributed by atoms with van der Waals surface area (Å²) in [5, 5.41) is 5.79. The summed E-state index contributed by atoms with van der Waals surface area (Å²) in [6.07, 6.45) is 0. The number of anilines is 1. The molecule has 3 rings (SSSR count). The van der Waals surface area contributed by atoms with Crippen molar-refractivity contribution in [3.8, 4) is 5.75 Å². The van der Waals surface area contributed by atoms with Gasteiger partial charge in [-0.1, -0.05) is 11.6 Å². The molecule has 1 N–H and O–H groups in total. The van der Waals surface area contributed by atoms with E-state index in [0.717, 1.165) is 10.4 Å². The van der Waals surface area contributed by atoms with Crippen molar-refractivity contribution in [2.24, 2.45) is 0 Å². The molecular formula is C19H16ClNO4S2. The Bertz CT molecular complexity index is 963. The van der Waals surface area contributed by atoms with Crippen LogP contribution in [0.25, 0.3) is 0 Å². The van der Waals surface area contributed by atoms with Crippen molar-refractivity contribution in [1.29, 1.82) is 0 Å². The van der Waals surface area contributed by atoms with Crippen LogP contribution in [0.2, 0.25) is 5.02 Å². The standard InChI is InChI=1S/C19H16ClNO4S2/c1-11-7-15(19(23)24-2)18(27-11)21-17(22)16-8-12(10-26-16)9-25-14-5-3-13(20)4-6-14/h3-8,10H,9H2,1-2H3,(H,21,22). The number of hydrogen-bond donors (Lipinski definition) is 1. The van der Waals surface area contributed by atoms with Gasteiger partial charge in [0.15, 0.2) is 0 Å². The lowest BCUT2D eigenvalue weighted by Crippen LogP contribution is -2.12. The summed E-state index contributed by atoms with van der Waals surface area (Å²) in [7, 11) is 1.31. The van der Waals surface area contributed by atoms with Crippen LogP contribution in [0.15, 0.2) is 41.8 Å². The molecule has 0 aliphatic rings. The van der Waals surface area contributed by atoms with E-state index in [1.807, 2.05) is 12.3 Å². The van der Waals surface area contributed by atoms with E-state index in [1.54, 1.807) is 36.4 Å². The number of methoxy groups -OCH3 is 1. The fraction of sp³-hybridized carbons (Fsp3) is 0.158. The Balaban J connectivity index is 1.65. The molecule has 0 spiro atoms. The van der Waals surface area contributed by atoms with Crippen molar-refractivity contribution >= 4 is 51.2 Å². The maximum absolute atomic E-state index is 12.5. The number of aryl methyl sites for hydroxylation is 1. The Hall–Kier alpha value is -2.35. The Labute approximate surface area is 169 Å². The normalized spacial score (nSPS) is 10.5. The second-order valence-electron chi connectivity index (χ2n) is 5.61. The van der Waals surface area contributed by atoms with Gasteiger partial charge in [-0.05, 0) is 48.7 Å². The minimum atomic E-state index is -0.474. The summed E-state index contributed by atoms with van der Waals surface area (Å²) in [4.78, 5) is 25.8. The molecule has 0 atom stereocenters. The van der Waals surface area contributed by atoms with Gasteiger partial charge in [-0.2, -0.15) is 0 Å². The molecule has 2 aromatic heterocycles. The summed E-state index contributed by atoms with van der Waals surface area (Å²) in [5.74, 6) is -0.0454. The first-order valence-corrected chi connectivity index (χ1v) is 9.99. The van der Waals surface area contributed by atoms with E-state index in [4.69, 9.17) is 21.1 Å². The number of ether oxygens (including phenoxy) is 2. The highest BCUT2D eigenvalue weighted by Gasteiger charge is 2.19. The van der Waals surface area contributed by atoms with Crippen LogP contribution in [0.4, 0.5) is 5.00 Å². The number of halogens is 1. The fourth-order valence-electron chi connectivity index (χ4n) is 2.30. The van der Waals surface area contributed by atoms with Gasteiger partial charge in [0.05, 0.1) is 17.6 Å². The molecule has 0 aliphatic heterocycles. The number of thiophene rings is 2. The second-order valence-corrected chi connectivity index (χ2v) is 8.21. The molecule has 27 heavy (non-hydrogen) atoms. The number of carbonyl (C=O) groups excluding carboxylic acids is 2. The third-order valence-electron chi connectivity index (χ3n) is 3.58. The molecule has 2 heterocycles. The smallest absolute Gasteiger partial charge is 0.340 e. The molecule has 0 unspecified atom stereocenters. The lowest BCUT2D eigenvalue weighted by atomic mass is 10.3. The summed E-state index contributed by atoms with van der Waals surface area (Å²) >= 11 is 8.50. The summed E-state index contributed by atoms with van der Waals surface area (Å²) in [6.45, 7) is 2.21. The van der Waals surface area contributed by atoms with Gasteiger partial charge in [-0.25, -0.2) is 4.79 Å². The minimum absolute atomic E-state index is 0.273. The van der Waals surface area contributed by atoms with Crippen molar-refractivity contribution in [2.75, 3.05) is 12.4 Å². The van der Waals surface area contributed by atoms with Crippen molar-refractivity contribution < 1.29 is 19.1 Å². The lowest BCUT2D eigenvalue weighted by Gasteiger charge is -2.04. The van der Waals surface area contributed by atoms with Gasteiger partial charge in [0, 0.05) is 15.5 Å². The highest BCUT2D eigenvalue weighted by atomic mass is 35.5. The van der Waals surface area contributed by atoms with Gasteiger partial charge >= 0.3 is 5.97 Å². The van der Waals surface area contributed by atoms with Crippen LogP contribution in [0.1, 0.15) is 30.5 Å². The van der Waals surface area contributed by atoms with E-state index in [9.17, 15) is 9.59 Å². The molecule has 0 saturated carbocycles. The van der Waals surface area contributed by atoms with Crippen molar-refractivity contribution in [3.63, 3.8) is 0 Å². The number of esters is 1. The van der Waals surface area contributed by atoms with Gasteiger partial charge in [0.1, 0.15) is 17.4 Å². The number of benzene rings is 1. The molecule has 3 aromatic rings. The van der Waals surface area contributed by atoms with Gasteiger partial charge in [0.2, 0.25) is 0 Å². The number of amides is 1. The predicted molar refractivity (Wildman–Crippen MR) is 108 cm³/mol. The van der Waals surface area contributed by atoms with E-state index in [-0.39, 0.29) is 5.91 Å². The third-order valence-corrected chi connectivity index (χ3v) is 5.78. The minimum Gasteiger partial charge on any atom is -0.489 e. The monoisotopic (exact) mass is 421 g/mol. The van der Waals surface area contributed by atoms with Crippen LogP contribution in [-0.2, 0) is 11.3 Å². The van der Waals surface area contributed by atoms with Crippen molar-refractivity contribution in [1.82, 2.24) is 0 Å². The maximum atomic E-state index is 12.5. The van der Waals surface area contributed by atoms with Gasteiger partial charge in [-0.3, -0.25) is 4.79 Å². The molecule has 0 fully saturated rings. The summed E-state index contributed by atoms with van der Waals surface area (Å²) in [6, 6.07) is 10.6. The van der Waals surface area contributed by atoms with Crippen LogP contribution in [0, 0.1) is 6.92 Å². The van der Waals surface area contributed by atoms with Crippen molar-refractivity contribution in [3.05, 3.63) is 67.7 Å². The molecular weight excluding hydrogens is 406 g/mol. The topological polar surface area (TPSA) is 64.6 Å². The summed E-state index contributed by atoms with van der Waals surface area (Å²) < 4.78 is 10.4. The van der Waals surface area contributed by atoms with Crippen LogP contribution in [0.5, 0.6) is 5.75 Å². The molecule has 0 aliphatic carbocycles. The average Bonchev–Trinajstić information content (AvgIpc) is 3.27. The molecule has 0 saturated heterocycles. The van der Waals surface area contributed by atoms with E-state index in [1.165, 1.54) is 29.8 Å². The predicted octanol–water partition coefficient (Wildman–Crippen LogP) is 5.39. The highest BCUT2D eigenvalue weighted by Crippen LogP contribution is 2.29.